The van der Waals surface area contributed by atoms with Gasteiger partial charge < -0.3 is 15.5 Å². The number of benzene rings is 1. The minimum absolute atomic E-state index is 0.0719. The molecule has 0 bridgehead atoms. The van der Waals surface area contributed by atoms with Crippen molar-refractivity contribution in [1.29, 1.82) is 0 Å². The molecule has 0 fully saturated rings. The first-order valence-electron chi connectivity index (χ1n) is 4.99. The molecule has 88 valence electrons. The summed E-state index contributed by atoms with van der Waals surface area (Å²) in [6.45, 7) is 0.427. The van der Waals surface area contributed by atoms with Gasteiger partial charge in [0.1, 0.15) is 11.5 Å². The van der Waals surface area contributed by atoms with E-state index in [4.69, 9.17) is 5.11 Å². The Balaban J connectivity index is 2.04. The summed E-state index contributed by atoms with van der Waals surface area (Å²) >= 11 is 1.55. The monoisotopic (exact) mass is 249 g/mol. The van der Waals surface area contributed by atoms with Gasteiger partial charge in [0.25, 0.3) is 5.91 Å². The quantitative estimate of drug-likeness (QED) is 0.780. The lowest BCUT2D eigenvalue weighted by Gasteiger charge is -2.05. The molecule has 1 aromatic heterocycles. The van der Waals surface area contributed by atoms with E-state index in [0.29, 0.717) is 6.54 Å². The Morgan fingerprint density at radius 3 is 2.76 bits per heavy atom. The molecule has 17 heavy (non-hydrogen) atoms. The maximum Gasteiger partial charge on any atom is 0.255 e. The lowest BCUT2D eigenvalue weighted by molar-refractivity contribution is 0.0948. The van der Waals surface area contributed by atoms with Gasteiger partial charge in [-0.15, -0.1) is 11.3 Å². The highest BCUT2D eigenvalue weighted by Crippen LogP contribution is 2.22. The van der Waals surface area contributed by atoms with Crippen LogP contribution in [0.3, 0.4) is 0 Å². The molecular weight excluding hydrogens is 238 g/mol. The van der Waals surface area contributed by atoms with Crippen LogP contribution >= 0.6 is 11.3 Å². The number of rotatable bonds is 3. The zero-order valence-corrected chi connectivity index (χ0v) is 9.70. The number of carbonyl (C=O) groups excluding carboxylic acids is 1. The fourth-order valence-corrected chi connectivity index (χ4v) is 2.03. The van der Waals surface area contributed by atoms with Crippen LogP contribution in [0, 0.1) is 0 Å². The van der Waals surface area contributed by atoms with Crippen molar-refractivity contribution in [2.75, 3.05) is 0 Å². The molecule has 0 aliphatic rings. The van der Waals surface area contributed by atoms with Crippen molar-refractivity contribution in [2.45, 2.75) is 6.54 Å². The molecule has 0 aliphatic heterocycles. The number of hydrogen-bond donors (Lipinski definition) is 3. The van der Waals surface area contributed by atoms with Gasteiger partial charge in [0.05, 0.1) is 12.1 Å². The lowest BCUT2D eigenvalue weighted by atomic mass is 10.2. The lowest BCUT2D eigenvalue weighted by Crippen LogP contribution is -2.22. The molecule has 4 nitrogen and oxygen atoms in total. The van der Waals surface area contributed by atoms with Crippen molar-refractivity contribution < 1.29 is 15.0 Å². The van der Waals surface area contributed by atoms with E-state index in [-0.39, 0.29) is 23.0 Å². The Bertz CT molecular complexity index is 523. The Labute approximate surface area is 102 Å². The second-order valence-electron chi connectivity index (χ2n) is 3.46. The maximum atomic E-state index is 11.7. The summed E-state index contributed by atoms with van der Waals surface area (Å²) in [7, 11) is 0. The SMILES string of the molecule is O=C(NCc1cccs1)c1ccc(O)cc1O. The highest BCUT2D eigenvalue weighted by molar-refractivity contribution is 7.09. The van der Waals surface area contributed by atoms with Crippen LogP contribution in [0.5, 0.6) is 11.5 Å². The van der Waals surface area contributed by atoms with E-state index in [1.807, 2.05) is 17.5 Å². The van der Waals surface area contributed by atoms with Crippen molar-refractivity contribution >= 4 is 17.2 Å². The maximum absolute atomic E-state index is 11.7. The second kappa shape index (κ2) is 4.88. The number of aromatic hydroxyl groups is 2. The Morgan fingerprint density at radius 1 is 1.29 bits per heavy atom. The predicted octanol–water partition coefficient (Wildman–Crippen LogP) is 2.09. The zero-order valence-electron chi connectivity index (χ0n) is 8.88. The molecule has 0 spiro atoms. The summed E-state index contributed by atoms with van der Waals surface area (Å²) in [5.74, 6) is -0.665. The van der Waals surface area contributed by atoms with Crippen LogP contribution in [0.4, 0.5) is 0 Å². The van der Waals surface area contributed by atoms with Crippen LogP contribution in [0.15, 0.2) is 35.7 Å². The Morgan fingerprint density at radius 2 is 2.12 bits per heavy atom. The number of phenols is 2. The van der Waals surface area contributed by atoms with E-state index < -0.39 is 0 Å². The number of hydrogen-bond acceptors (Lipinski definition) is 4. The standard InChI is InChI=1S/C12H11NO3S/c14-8-3-4-10(11(15)6-8)12(16)13-7-9-2-1-5-17-9/h1-6,14-15H,7H2,(H,13,16). The summed E-state index contributed by atoms with van der Waals surface area (Å²) in [6.07, 6.45) is 0. The molecule has 1 aromatic carbocycles. The third kappa shape index (κ3) is 2.76. The van der Waals surface area contributed by atoms with E-state index in [1.165, 1.54) is 12.1 Å². The average Bonchev–Trinajstić information content (AvgIpc) is 2.78. The van der Waals surface area contributed by atoms with Gasteiger partial charge in [0.15, 0.2) is 0 Å². The Hall–Kier alpha value is -2.01. The average molecular weight is 249 g/mol. The first-order valence-corrected chi connectivity index (χ1v) is 5.87. The number of thiophene rings is 1. The Kier molecular flexibility index (Phi) is 3.30. The first-order chi connectivity index (χ1) is 8.16. The molecule has 0 unspecified atom stereocenters. The molecule has 1 heterocycles. The summed E-state index contributed by atoms with van der Waals surface area (Å²) < 4.78 is 0. The van der Waals surface area contributed by atoms with Gasteiger partial charge in [-0.2, -0.15) is 0 Å². The molecule has 0 radical (unpaired) electrons. The van der Waals surface area contributed by atoms with E-state index in [1.54, 1.807) is 11.3 Å². The van der Waals surface area contributed by atoms with Gasteiger partial charge in [-0.25, -0.2) is 0 Å². The molecule has 5 heteroatoms. The third-order valence-corrected chi connectivity index (χ3v) is 3.11. The largest absolute Gasteiger partial charge is 0.508 e. The van der Waals surface area contributed by atoms with Crippen molar-refractivity contribution in [3.05, 3.63) is 46.2 Å². The smallest absolute Gasteiger partial charge is 0.255 e. The minimum Gasteiger partial charge on any atom is -0.508 e. The number of nitrogens with one attached hydrogen (secondary N) is 1. The van der Waals surface area contributed by atoms with E-state index >= 15 is 0 Å². The summed E-state index contributed by atoms with van der Waals surface area (Å²) in [4.78, 5) is 12.8. The van der Waals surface area contributed by atoms with Crippen molar-refractivity contribution in [3.63, 3.8) is 0 Å². The van der Waals surface area contributed by atoms with Crippen LogP contribution in [0.2, 0.25) is 0 Å². The molecule has 0 atom stereocenters. The van der Waals surface area contributed by atoms with Gasteiger partial charge in [-0.05, 0) is 23.6 Å². The molecule has 0 saturated carbocycles. The molecule has 0 aliphatic carbocycles. The predicted molar refractivity (Wildman–Crippen MR) is 65.3 cm³/mol. The molecule has 3 N–H and O–H groups in total. The number of phenolic OH excluding ortho intramolecular Hbond substituents is 2. The van der Waals surface area contributed by atoms with E-state index in [0.717, 1.165) is 10.9 Å². The van der Waals surface area contributed by atoms with Gasteiger partial charge in [-0.1, -0.05) is 6.07 Å². The summed E-state index contributed by atoms with van der Waals surface area (Å²) in [5, 5.41) is 23.2. The first kappa shape index (κ1) is 11.5. The summed E-state index contributed by atoms with van der Waals surface area (Å²) in [5.41, 5.74) is 0.152. The van der Waals surface area contributed by atoms with Crippen molar-refractivity contribution in [1.82, 2.24) is 5.32 Å². The highest BCUT2D eigenvalue weighted by Gasteiger charge is 2.11. The van der Waals surface area contributed by atoms with Gasteiger partial charge >= 0.3 is 0 Å². The molecule has 2 aromatic rings. The van der Waals surface area contributed by atoms with Crippen molar-refractivity contribution in [3.8, 4) is 11.5 Å². The van der Waals surface area contributed by atoms with Crippen LogP contribution in [-0.2, 0) is 6.54 Å². The van der Waals surface area contributed by atoms with Gasteiger partial charge in [-0.3, -0.25) is 4.79 Å². The topological polar surface area (TPSA) is 69.6 Å². The number of amides is 1. The molecule has 2 rings (SSSR count). The fraction of sp³-hybridized carbons (Fsp3) is 0.0833. The summed E-state index contributed by atoms with van der Waals surface area (Å²) in [6, 6.07) is 7.71. The molecular formula is C12H11NO3S. The molecule has 0 saturated heterocycles. The van der Waals surface area contributed by atoms with Crippen LogP contribution in [0.25, 0.3) is 0 Å². The second-order valence-corrected chi connectivity index (χ2v) is 4.50. The minimum atomic E-state index is -0.365. The van der Waals surface area contributed by atoms with Gasteiger partial charge in [0, 0.05) is 10.9 Å². The number of carbonyl (C=O) groups is 1. The zero-order chi connectivity index (χ0) is 12.3. The van der Waals surface area contributed by atoms with Crippen LogP contribution in [-0.4, -0.2) is 16.1 Å². The van der Waals surface area contributed by atoms with E-state index in [9.17, 15) is 9.90 Å². The van der Waals surface area contributed by atoms with Crippen LogP contribution < -0.4 is 5.32 Å². The molecule has 1 amide bonds. The van der Waals surface area contributed by atoms with Crippen LogP contribution in [0.1, 0.15) is 15.2 Å². The third-order valence-electron chi connectivity index (χ3n) is 2.23. The van der Waals surface area contributed by atoms with E-state index in [2.05, 4.69) is 5.32 Å². The fourth-order valence-electron chi connectivity index (χ4n) is 1.39. The normalized spacial score (nSPS) is 10.1. The highest BCUT2D eigenvalue weighted by atomic mass is 32.1. The van der Waals surface area contributed by atoms with Crippen molar-refractivity contribution in [2.24, 2.45) is 0 Å². The van der Waals surface area contributed by atoms with Gasteiger partial charge in [0.2, 0.25) is 0 Å².